The van der Waals surface area contributed by atoms with Crippen molar-refractivity contribution in [3.8, 4) is 0 Å². The summed E-state index contributed by atoms with van der Waals surface area (Å²) in [5, 5.41) is 8.80. The second-order valence-electron chi connectivity index (χ2n) is 5.06. The van der Waals surface area contributed by atoms with Crippen molar-refractivity contribution in [1.82, 2.24) is 4.90 Å². The van der Waals surface area contributed by atoms with Crippen LogP contribution in [0.4, 0.5) is 9.18 Å². The van der Waals surface area contributed by atoms with Crippen molar-refractivity contribution < 1.29 is 23.8 Å². The molecule has 5 nitrogen and oxygen atoms in total. The smallest absolute Gasteiger partial charge is 0.410 e. The Morgan fingerprint density at radius 2 is 1.94 bits per heavy atom. The van der Waals surface area contributed by atoms with Crippen LogP contribution in [0.15, 0.2) is 0 Å². The third-order valence-corrected chi connectivity index (χ3v) is 2.35. The molecule has 0 aromatic rings. The van der Waals surface area contributed by atoms with Crippen LogP contribution in [0.3, 0.4) is 0 Å². The number of nitrogens with zero attached hydrogens (tertiary/aromatic N) is 1. The summed E-state index contributed by atoms with van der Waals surface area (Å²) in [5.41, 5.74) is -2.06. The molecule has 0 saturated carbocycles. The van der Waals surface area contributed by atoms with Gasteiger partial charge in [-0.2, -0.15) is 0 Å². The molecule has 1 aliphatic heterocycles. The molecule has 0 aliphatic carbocycles. The van der Waals surface area contributed by atoms with Crippen LogP contribution in [0.2, 0.25) is 0 Å². The number of carboxylic acid groups (broad SMARTS) is 1. The molecule has 0 radical (unpaired) electrons. The molecule has 1 heterocycles. The summed E-state index contributed by atoms with van der Waals surface area (Å²) in [6, 6.07) is 0. The largest absolute Gasteiger partial charge is 0.481 e. The number of aliphatic carboxylic acids is 1. The van der Waals surface area contributed by atoms with Crippen molar-refractivity contribution >= 4 is 12.1 Å². The molecule has 0 aromatic carbocycles. The lowest BCUT2D eigenvalue weighted by Crippen LogP contribution is -2.63. The molecule has 16 heavy (non-hydrogen) atoms. The summed E-state index contributed by atoms with van der Waals surface area (Å²) in [6.45, 7) is 3.90. The van der Waals surface area contributed by atoms with Crippen molar-refractivity contribution in [3.05, 3.63) is 0 Å². The predicted molar refractivity (Wildman–Crippen MR) is 53.9 cm³/mol. The quantitative estimate of drug-likeness (QED) is 0.780. The van der Waals surface area contributed by atoms with Gasteiger partial charge in [-0.3, -0.25) is 4.79 Å². The van der Waals surface area contributed by atoms with E-state index in [2.05, 4.69) is 0 Å². The van der Waals surface area contributed by atoms with Gasteiger partial charge in [0, 0.05) is 13.1 Å². The highest BCUT2D eigenvalue weighted by atomic mass is 19.1. The Kier molecular flexibility index (Phi) is 3.12. The summed E-state index contributed by atoms with van der Waals surface area (Å²) in [7, 11) is 0. The predicted octanol–water partition coefficient (Wildman–Crippen LogP) is 1.28. The Hall–Kier alpha value is -1.33. The maximum absolute atomic E-state index is 12.6. The first-order valence-corrected chi connectivity index (χ1v) is 4.97. The van der Waals surface area contributed by atoms with Crippen LogP contribution in [-0.4, -0.2) is 47.4 Å². The molecule has 0 unspecified atom stereocenters. The normalized spacial score (nSPS) is 18.9. The van der Waals surface area contributed by atoms with E-state index in [9.17, 15) is 14.0 Å². The van der Waals surface area contributed by atoms with E-state index in [0.717, 1.165) is 0 Å². The number of ether oxygens (including phenoxy) is 1. The maximum Gasteiger partial charge on any atom is 0.410 e. The van der Waals surface area contributed by atoms with E-state index in [-0.39, 0.29) is 13.1 Å². The Morgan fingerprint density at radius 1 is 1.44 bits per heavy atom. The van der Waals surface area contributed by atoms with Gasteiger partial charge in [0.1, 0.15) is 17.7 Å². The fraction of sp³-hybridized carbons (Fsp3) is 0.800. The van der Waals surface area contributed by atoms with E-state index in [1.807, 2.05) is 0 Å². The number of hydrogen-bond acceptors (Lipinski definition) is 3. The molecule has 1 N–H and O–H groups in total. The molecule has 1 rings (SSSR count). The molecule has 92 valence electrons. The van der Waals surface area contributed by atoms with Gasteiger partial charge < -0.3 is 14.7 Å². The van der Waals surface area contributed by atoms with Crippen LogP contribution < -0.4 is 0 Å². The van der Waals surface area contributed by atoms with Gasteiger partial charge in [0.15, 0.2) is 0 Å². The first kappa shape index (κ1) is 12.7. The average molecular weight is 233 g/mol. The Balaban J connectivity index is 2.52. The zero-order chi connectivity index (χ0) is 12.6. The van der Waals surface area contributed by atoms with Crippen LogP contribution in [0.5, 0.6) is 0 Å². The Bertz CT molecular complexity index is 304. The first-order valence-electron chi connectivity index (χ1n) is 4.97. The lowest BCUT2D eigenvalue weighted by molar-refractivity contribution is -0.161. The van der Waals surface area contributed by atoms with Gasteiger partial charge in [0.25, 0.3) is 0 Å². The zero-order valence-corrected chi connectivity index (χ0v) is 9.62. The summed E-state index contributed by atoms with van der Waals surface area (Å²) >= 11 is 0. The SMILES string of the molecule is CC(C)(C)OC(=O)N1CC(CF)(C(=O)O)C1. The van der Waals surface area contributed by atoms with E-state index in [1.165, 1.54) is 4.90 Å². The van der Waals surface area contributed by atoms with Crippen molar-refractivity contribution in [3.63, 3.8) is 0 Å². The lowest BCUT2D eigenvalue weighted by Gasteiger charge is -2.45. The minimum absolute atomic E-state index is 0.131. The highest BCUT2D eigenvalue weighted by Gasteiger charge is 2.52. The number of amides is 1. The summed E-state index contributed by atoms with van der Waals surface area (Å²) in [5.74, 6) is -1.21. The molecule has 0 aromatic heterocycles. The third-order valence-electron chi connectivity index (χ3n) is 2.35. The number of likely N-dealkylation sites (tertiary alicyclic amines) is 1. The Morgan fingerprint density at radius 3 is 2.25 bits per heavy atom. The van der Waals surface area contributed by atoms with Crippen molar-refractivity contribution in [2.75, 3.05) is 19.8 Å². The molecule has 1 amide bonds. The fourth-order valence-corrected chi connectivity index (χ4v) is 1.42. The number of carboxylic acids is 1. The third kappa shape index (κ3) is 2.43. The van der Waals surface area contributed by atoms with E-state index in [4.69, 9.17) is 9.84 Å². The summed E-state index contributed by atoms with van der Waals surface area (Å²) < 4.78 is 17.6. The number of carbonyl (C=O) groups is 2. The average Bonchev–Trinajstić information content (AvgIpc) is 1.98. The number of rotatable bonds is 2. The first-order chi connectivity index (χ1) is 7.20. The fourth-order valence-electron chi connectivity index (χ4n) is 1.42. The Labute approximate surface area is 93.2 Å². The number of halogens is 1. The number of alkyl halides is 1. The highest BCUT2D eigenvalue weighted by molar-refractivity contribution is 5.80. The van der Waals surface area contributed by atoms with Gasteiger partial charge in [0.2, 0.25) is 0 Å². The molecule has 6 heteroatoms. The topological polar surface area (TPSA) is 66.8 Å². The number of hydrogen-bond donors (Lipinski definition) is 1. The molecule has 1 saturated heterocycles. The van der Waals surface area contributed by atoms with E-state index in [0.29, 0.717) is 0 Å². The zero-order valence-electron chi connectivity index (χ0n) is 9.62. The monoisotopic (exact) mass is 233 g/mol. The lowest BCUT2D eigenvalue weighted by atomic mass is 9.81. The van der Waals surface area contributed by atoms with Crippen molar-refractivity contribution in [2.45, 2.75) is 26.4 Å². The van der Waals surface area contributed by atoms with Gasteiger partial charge in [-0.15, -0.1) is 0 Å². The second kappa shape index (κ2) is 3.92. The molecular formula is C10H16FNO4. The van der Waals surface area contributed by atoms with E-state index >= 15 is 0 Å². The number of carbonyl (C=O) groups excluding carboxylic acids is 1. The highest BCUT2D eigenvalue weighted by Crippen LogP contribution is 2.32. The van der Waals surface area contributed by atoms with Crippen LogP contribution >= 0.6 is 0 Å². The van der Waals surface area contributed by atoms with Crippen LogP contribution in [-0.2, 0) is 9.53 Å². The molecule has 0 bridgehead atoms. The van der Waals surface area contributed by atoms with E-state index < -0.39 is 29.8 Å². The molecular weight excluding hydrogens is 217 g/mol. The van der Waals surface area contributed by atoms with Crippen LogP contribution in [0.25, 0.3) is 0 Å². The maximum atomic E-state index is 12.6. The van der Waals surface area contributed by atoms with Crippen molar-refractivity contribution in [1.29, 1.82) is 0 Å². The van der Waals surface area contributed by atoms with E-state index in [1.54, 1.807) is 20.8 Å². The summed E-state index contributed by atoms with van der Waals surface area (Å²) in [4.78, 5) is 23.4. The van der Waals surface area contributed by atoms with Gasteiger partial charge in [-0.1, -0.05) is 0 Å². The van der Waals surface area contributed by atoms with Crippen LogP contribution in [0.1, 0.15) is 20.8 Å². The van der Waals surface area contributed by atoms with Gasteiger partial charge in [-0.25, -0.2) is 9.18 Å². The van der Waals surface area contributed by atoms with Gasteiger partial charge in [0.05, 0.1) is 0 Å². The minimum Gasteiger partial charge on any atom is -0.481 e. The molecule has 0 atom stereocenters. The van der Waals surface area contributed by atoms with Gasteiger partial charge in [-0.05, 0) is 20.8 Å². The van der Waals surface area contributed by atoms with Gasteiger partial charge >= 0.3 is 12.1 Å². The minimum atomic E-state index is -1.43. The molecule has 1 fully saturated rings. The van der Waals surface area contributed by atoms with Crippen molar-refractivity contribution in [2.24, 2.45) is 5.41 Å². The molecule has 0 spiro atoms. The second-order valence-corrected chi connectivity index (χ2v) is 5.06. The summed E-state index contributed by atoms with van der Waals surface area (Å²) in [6.07, 6.45) is -0.599. The molecule has 1 aliphatic rings. The van der Waals surface area contributed by atoms with Crippen LogP contribution in [0, 0.1) is 5.41 Å². The standard InChI is InChI=1S/C10H16FNO4/c1-9(2,3)16-8(15)12-5-10(4-11,6-12)7(13)14/h4-6H2,1-3H3,(H,13,14).